The Morgan fingerprint density at radius 3 is 2.08 bits per heavy atom. The molecule has 0 aliphatic heterocycles. The summed E-state index contributed by atoms with van der Waals surface area (Å²) in [6, 6.07) is 0. The first-order valence-corrected chi connectivity index (χ1v) is 3.84. The zero-order valence-corrected chi connectivity index (χ0v) is 7.86. The van der Waals surface area contributed by atoms with Gasteiger partial charge < -0.3 is 5.32 Å². The summed E-state index contributed by atoms with van der Waals surface area (Å²) >= 11 is 0. The molecule has 0 fully saturated rings. The van der Waals surface area contributed by atoms with Gasteiger partial charge in [-0.15, -0.1) is 0 Å². The molecule has 5 heteroatoms. The van der Waals surface area contributed by atoms with Crippen molar-refractivity contribution >= 4 is 11.7 Å². The van der Waals surface area contributed by atoms with Crippen LogP contribution in [0.1, 0.15) is 20.8 Å². The second-order valence-electron chi connectivity index (χ2n) is 3.69. The van der Waals surface area contributed by atoms with Crippen LogP contribution in [0.4, 0.5) is 8.78 Å². The SMILES string of the molecule is CC(C)(C)C(=O)CNC(=O)C(F)F. The minimum Gasteiger partial charge on any atom is -0.344 e. The maximum absolute atomic E-state index is 11.7. The van der Waals surface area contributed by atoms with Gasteiger partial charge in [-0.25, -0.2) is 0 Å². The van der Waals surface area contributed by atoms with Crippen molar-refractivity contribution in [3.05, 3.63) is 0 Å². The number of hydrogen-bond donors (Lipinski definition) is 1. The highest BCUT2D eigenvalue weighted by Crippen LogP contribution is 2.13. The molecule has 1 N–H and O–H groups in total. The second kappa shape index (κ2) is 4.30. The van der Waals surface area contributed by atoms with Gasteiger partial charge in [0.15, 0.2) is 5.78 Å². The second-order valence-corrected chi connectivity index (χ2v) is 3.69. The van der Waals surface area contributed by atoms with Crippen LogP contribution in [0, 0.1) is 5.41 Å². The molecule has 0 saturated heterocycles. The predicted octanol–water partition coefficient (Wildman–Crippen LogP) is 0.983. The highest BCUT2D eigenvalue weighted by atomic mass is 19.3. The monoisotopic (exact) mass is 193 g/mol. The molecule has 0 radical (unpaired) electrons. The average molecular weight is 193 g/mol. The van der Waals surface area contributed by atoms with Crippen molar-refractivity contribution in [2.75, 3.05) is 6.54 Å². The number of carbonyl (C=O) groups is 2. The van der Waals surface area contributed by atoms with E-state index in [1.165, 1.54) is 0 Å². The van der Waals surface area contributed by atoms with E-state index in [-0.39, 0.29) is 12.3 Å². The maximum Gasteiger partial charge on any atom is 0.315 e. The molecule has 0 atom stereocenters. The Bertz CT molecular complexity index is 209. The molecule has 0 rings (SSSR count). The van der Waals surface area contributed by atoms with Gasteiger partial charge in [-0.05, 0) is 0 Å². The van der Waals surface area contributed by atoms with Crippen molar-refractivity contribution in [3.63, 3.8) is 0 Å². The van der Waals surface area contributed by atoms with E-state index >= 15 is 0 Å². The van der Waals surface area contributed by atoms with Crippen molar-refractivity contribution < 1.29 is 18.4 Å². The van der Waals surface area contributed by atoms with Crippen molar-refractivity contribution in [3.8, 4) is 0 Å². The minimum atomic E-state index is -3.06. The van der Waals surface area contributed by atoms with Gasteiger partial charge in [0.25, 0.3) is 5.91 Å². The van der Waals surface area contributed by atoms with Crippen molar-refractivity contribution in [1.29, 1.82) is 0 Å². The molecule has 1 amide bonds. The van der Waals surface area contributed by atoms with Crippen LogP contribution >= 0.6 is 0 Å². The van der Waals surface area contributed by atoms with Crippen LogP contribution in [-0.2, 0) is 9.59 Å². The van der Waals surface area contributed by atoms with Gasteiger partial charge in [-0.2, -0.15) is 8.78 Å². The molecule has 0 bridgehead atoms. The summed E-state index contributed by atoms with van der Waals surface area (Å²) in [5.74, 6) is -1.68. The quantitative estimate of drug-likeness (QED) is 0.726. The Kier molecular flexibility index (Phi) is 3.97. The largest absolute Gasteiger partial charge is 0.344 e. The number of halogens is 2. The Labute approximate surface area is 75.5 Å². The molecule has 0 aliphatic carbocycles. The number of nitrogens with one attached hydrogen (secondary N) is 1. The summed E-state index contributed by atoms with van der Waals surface area (Å²) in [7, 11) is 0. The van der Waals surface area contributed by atoms with Gasteiger partial charge in [-0.1, -0.05) is 20.8 Å². The van der Waals surface area contributed by atoms with E-state index in [1.54, 1.807) is 20.8 Å². The fourth-order valence-electron chi connectivity index (χ4n) is 0.510. The topological polar surface area (TPSA) is 46.2 Å². The van der Waals surface area contributed by atoms with E-state index in [1.807, 2.05) is 5.32 Å². The Morgan fingerprint density at radius 2 is 1.77 bits per heavy atom. The molecule has 0 saturated carbocycles. The molecule has 0 aromatic rings. The lowest BCUT2D eigenvalue weighted by Crippen LogP contribution is -2.38. The summed E-state index contributed by atoms with van der Waals surface area (Å²) in [6.45, 7) is 4.63. The lowest BCUT2D eigenvalue weighted by molar-refractivity contribution is -0.134. The molecule has 13 heavy (non-hydrogen) atoms. The third-order valence-corrected chi connectivity index (χ3v) is 1.46. The van der Waals surface area contributed by atoms with Gasteiger partial charge in [0, 0.05) is 5.41 Å². The number of rotatable bonds is 3. The molecule has 0 heterocycles. The van der Waals surface area contributed by atoms with E-state index < -0.39 is 17.7 Å². The number of alkyl halides is 2. The van der Waals surface area contributed by atoms with Crippen LogP contribution in [0.15, 0.2) is 0 Å². The lowest BCUT2D eigenvalue weighted by Gasteiger charge is -2.16. The highest BCUT2D eigenvalue weighted by Gasteiger charge is 2.23. The maximum atomic E-state index is 11.7. The van der Waals surface area contributed by atoms with Gasteiger partial charge in [-0.3, -0.25) is 9.59 Å². The van der Waals surface area contributed by atoms with Crippen molar-refractivity contribution in [2.45, 2.75) is 27.2 Å². The summed E-state index contributed by atoms with van der Waals surface area (Å²) in [5.41, 5.74) is -0.616. The molecule has 76 valence electrons. The Morgan fingerprint density at radius 1 is 1.31 bits per heavy atom. The van der Waals surface area contributed by atoms with E-state index in [0.29, 0.717) is 0 Å². The van der Waals surface area contributed by atoms with Crippen molar-refractivity contribution in [2.24, 2.45) is 5.41 Å². The third kappa shape index (κ3) is 4.55. The molecule has 0 aliphatic rings. The number of hydrogen-bond acceptors (Lipinski definition) is 2. The van der Waals surface area contributed by atoms with Crippen LogP contribution in [0.25, 0.3) is 0 Å². The summed E-state index contributed by atoms with van der Waals surface area (Å²) in [6.07, 6.45) is -3.06. The van der Waals surface area contributed by atoms with E-state index in [2.05, 4.69) is 0 Å². The number of carbonyl (C=O) groups excluding carboxylic acids is 2. The van der Waals surface area contributed by atoms with Gasteiger partial charge in [0.1, 0.15) is 0 Å². The summed E-state index contributed by atoms with van der Waals surface area (Å²) < 4.78 is 23.3. The minimum absolute atomic E-state index is 0.276. The Balaban J connectivity index is 3.92. The molecule has 0 spiro atoms. The number of amides is 1. The van der Waals surface area contributed by atoms with E-state index in [9.17, 15) is 18.4 Å². The molecule has 0 aromatic heterocycles. The molecule has 3 nitrogen and oxygen atoms in total. The van der Waals surface area contributed by atoms with E-state index in [4.69, 9.17) is 0 Å². The third-order valence-electron chi connectivity index (χ3n) is 1.46. The van der Waals surface area contributed by atoms with Crippen LogP contribution in [0.5, 0.6) is 0 Å². The van der Waals surface area contributed by atoms with Gasteiger partial charge in [0.2, 0.25) is 0 Å². The Hall–Kier alpha value is -1.00. The lowest BCUT2D eigenvalue weighted by atomic mass is 9.91. The summed E-state index contributed by atoms with van der Waals surface area (Å²) in [5, 5.41) is 1.85. The zero-order chi connectivity index (χ0) is 10.6. The van der Waals surface area contributed by atoms with Crippen molar-refractivity contribution in [1.82, 2.24) is 5.32 Å². The normalized spacial score (nSPS) is 11.5. The standard InChI is InChI=1S/C8H13F2NO2/c1-8(2,3)5(12)4-11-7(13)6(9)10/h6H,4H2,1-3H3,(H,11,13). The first kappa shape index (κ1) is 12.0. The van der Waals surface area contributed by atoms with Gasteiger partial charge >= 0.3 is 6.43 Å². The fraction of sp³-hybridized carbons (Fsp3) is 0.750. The molecular formula is C8H13F2NO2. The smallest absolute Gasteiger partial charge is 0.315 e. The van der Waals surface area contributed by atoms with Crippen LogP contribution < -0.4 is 5.32 Å². The van der Waals surface area contributed by atoms with Gasteiger partial charge in [0.05, 0.1) is 6.54 Å². The first-order chi connectivity index (χ1) is 5.75. The predicted molar refractivity (Wildman–Crippen MR) is 43.5 cm³/mol. The number of ketones is 1. The van der Waals surface area contributed by atoms with Crippen LogP contribution in [-0.4, -0.2) is 24.7 Å². The highest BCUT2D eigenvalue weighted by molar-refractivity contribution is 5.90. The fourth-order valence-corrected chi connectivity index (χ4v) is 0.510. The molecular weight excluding hydrogens is 180 g/mol. The first-order valence-electron chi connectivity index (χ1n) is 3.84. The zero-order valence-electron chi connectivity index (χ0n) is 7.86. The van der Waals surface area contributed by atoms with Crippen LogP contribution in [0.2, 0.25) is 0 Å². The molecule has 0 unspecified atom stereocenters. The number of Topliss-reactive ketones (excluding diaryl/α,β-unsaturated/α-hetero) is 1. The summed E-state index contributed by atoms with van der Waals surface area (Å²) in [4.78, 5) is 21.5. The average Bonchev–Trinajstić information content (AvgIpc) is 1.97. The molecule has 0 aromatic carbocycles. The van der Waals surface area contributed by atoms with Crippen LogP contribution in [0.3, 0.4) is 0 Å². The van der Waals surface area contributed by atoms with E-state index in [0.717, 1.165) is 0 Å².